The third-order valence-electron chi connectivity index (χ3n) is 21.4. The van der Waals surface area contributed by atoms with Gasteiger partial charge in [-0.05, 0) is 314 Å². The lowest BCUT2D eigenvalue weighted by Crippen LogP contribution is -2.36. The van der Waals surface area contributed by atoms with Gasteiger partial charge < -0.3 is 63.7 Å². The predicted molar refractivity (Wildman–Crippen MR) is 523 cm³/mol. The van der Waals surface area contributed by atoms with Crippen LogP contribution in [-0.2, 0) is 49.5 Å². The number of ketones is 1. The van der Waals surface area contributed by atoms with Crippen molar-refractivity contribution < 1.29 is 70.6 Å². The molecule has 3 aliphatic rings. The Morgan fingerprint density at radius 1 is 0.500 bits per heavy atom. The summed E-state index contributed by atoms with van der Waals surface area (Å²) < 4.78 is 78.7. The lowest BCUT2D eigenvalue weighted by molar-refractivity contribution is -0.159. The molecule has 15 rings (SSSR count). The van der Waals surface area contributed by atoms with Gasteiger partial charge in [0.2, 0.25) is 0 Å². The highest BCUT2D eigenvalue weighted by Crippen LogP contribution is 2.35. The number of carboxylic acid groups (broad SMARTS) is 3. The Balaban J connectivity index is 0.000000215. The van der Waals surface area contributed by atoms with E-state index >= 15 is 4.39 Å². The largest absolute Gasteiger partial charge is 0.477 e. The predicted octanol–water partition coefficient (Wildman–Crippen LogP) is 18.5. The van der Waals surface area contributed by atoms with Crippen LogP contribution in [0.2, 0.25) is 0 Å². The molecule has 3 fully saturated rings. The number of anilines is 3. The van der Waals surface area contributed by atoms with E-state index in [9.17, 15) is 41.8 Å². The second-order valence-electron chi connectivity index (χ2n) is 34.8. The number of aldehydes is 1. The van der Waals surface area contributed by atoms with E-state index < -0.39 is 80.7 Å². The number of nitriles is 4. The number of nitrogens with two attached hydrogens (primary N) is 4. The van der Waals surface area contributed by atoms with E-state index in [2.05, 4.69) is 62.1 Å². The number of aromatic carboxylic acids is 1. The lowest BCUT2D eigenvalue weighted by atomic mass is 9.94. The molecule has 5 atom stereocenters. The van der Waals surface area contributed by atoms with Crippen LogP contribution in [0.4, 0.5) is 39.4 Å². The topological polar surface area (TPSA) is 472 Å². The van der Waals surface area contributed by atoms with Gasteiger partial charge in [-0.3, -0.25) is 4.79 Å². The van der Waals surface area contributed by atoms with Crippen LogP contribution in [-0.4, -0.2) is 98.6 Å². The fraction of sp³-hybridized carbons (Fsp3) is 0.276. The first-order valence-electron chi connectivity index (χ1n) is 44.0. The minimum Gasteiger partial charge on any atom is -0.477 e. The molecule has 3 aliphatic carbocycles. The van der Waals surface area contributed by atoms with Crippen molar-refractivity contribution in [1.29, 1.82) is 21.0 Å². The molecule has 1 unspecified atom stereocenters. The number of Topliss-reactive ketones (excluding diaryl/α,β-unsaturated/α-hetero) is 1. The summed E-state index contributed by atoms with van der Waals surface area (Å²) >= 11 is 0. The number of nitrogen functional groups attached to an aromatic ring is 3. The van der Waals surface area contributed by atoms with Crippen molar-refractivity contribution in [2.45, 2.75) is 155 Å². The van der Waals surface area contributed by atoms with Gasteiger partial charge in [-0.25, -0.2) is 55.0 Å². The van der Waals surface area contributed by atoms with Gasteiger partial charge in [0, 0.05) is 18.9 Å². The molecule has 2 aromatic heterocycles. The van der Waals surface area contributed by atoms with Crippen LogP contribution in [0.3, 0.4) is 0 Å². The highest BCUT2D eigenvalue weighted by Gasteiger charge is 2.30. The molecular formula is C105H111ClF4N16O11S. The van der Waals surface area contributed by atoms with Crippen molar-refractivity contribution >= 4 is 76.5 Å². The Labute approximate surface area is 807 Å². The second kappa shape index (κ2) is 51.1. The van der Waals surface area contributed by atoms with Gasteiger partial charge in [0.25, 0.3) is 0 Å². The quantitative estimate of drug-likeness (QED) is 0.00788. The molecule has 15 N–H and O–H groups in total. The summed E-state index contributed by atoms with van der Waals surface area (Å²) in [6.45, 7) is 18.6. The molecule has 10 aromatic carbocycles. The van der Waals surface area contributed by atoms with E-state index in [1.165, 1.54) is 66.8 Å². The number of amides is 1. The van der Waals surface area contributed by atoms with E-state index in [0.717, 1.165) is 94.8 Å². The van der Waals surface area contributed by atoms with Crippen molar-refractivity contribution in [2.75, 3.05) is 30.3 Å². The molecule has 12 aromatic rings. The number of aromatic nitrogens is 4. The number of halogens is 5. The Morgan fingerprint density at radius 2 is 0.870 bits per heavy atom. The van der Waals surface area contributed by atoms with E-state index in [-0.39, 0.29) is 71.6 Å². The Morgan fingerprint density at radius 3 is 1.27 bits per heavy atom. The third kappa shape index (κ3) is 33.5. The number of benzene rings is 10. The van der Waals surface area contributed by atoms with Gasteiger partial charge in [0.15, 0.2) is 11.5 Å². The van der Waals surface area contributed by atoms with Crippen LogP contribution in [0.1, 0.15) is 227 Å². The molecule has 0 aliphatic heterocycles. The van der Waals surface area contributed by atoms with Crippen LogP contribution in [0.15, 0.2) is 231 Å². The minimum atomic E-state index is -1.82. The van der Waals surface area contributed by atoms with Gasteiger partial charge in [0.1, 0.15) is 40.9 Å². The summed E-state index contributed by atoms with van der Waals surface area (Å²) in [7, 11) is -1.36. The summed E-state index contributed by atoms with van der Waals surface area (Å²) in [5, 5.41) is 79.0. The number of hydrogen-bond donors (Lipinski definition) is 11. The van der Waals surface area contributed by atoms with E-state index in [4.69, 9.17) is 68.4 Å². The molecule has 0 spiro atoms. The summed E-state index contributed by atoms with van der Waals surface area (Å²) in [6.07, 6.45) is 8.41. The van der Waals surface area contributed by atoms with Crippen LogP contribution < -0.4 is 43.6 Å². The molecule has 0 bridgehead atoms. The van der Waals surface area contributed by atoms with Crippen LogP contribution in [0.25, 0.3) is 11.4 Å². The van der Waals surface area contributed by atoms with Gasteiger partial charge in [-0.2, -0.15) is 31.2 Å². The molecule has 27 nitrogen and oxygen atoms in total. The average molecular weight is 1920 g/mol. The van der Waals surface area contributed by atoms with Crippen molar-refractivity contribution in [1.82, 2.24) is 40.2 Å². The molecule has 0 saturated heterocycles. The number of hydrogen-bond acceptors (Lipinski definition) is 20. The summed E-state index contributed by atoms with van der Waals surface area (Å²) in [6, 6.07) is 73.0. The van der Waals surface area contributed by atoms with Crippen molar-refractivity contribution in [3.8, 4) is 35.7 Å². The third-order valence-corrected chi connectivity index (χ3v) is 22.9. The maximum atomic E-state index is 15.2. The first-order chi connectivity index (χ1) is 65.2. The summed E-state index contributed by atoms with van der Waals surface area (Å²) in [5.41, 5.74) is 36.9. The zero-order valence-corrected chi connectivity index (χ0v) is 79.3. The minimum absolute atomic E-state index is 0. The van der Waals surface area contributed by atoms with E-state index in [0.29, 0.717) is 68.0 Å². The molecule has 138 heavy (non-hydrogen) atoms. The number of nitrogens with one attached hydrogen (secondary N) is 4. The number of carboxylic acids is 3. The van der Waals surface area contributed by atoms with E-state index in [1.54, 1.807) is 136 Å². The maximum Gasteiger partial charge on any atom is 0.414 e. The van der Waals surface area contributed by atoms with Crippen molar-refractivity contribution in [2.24, 2.45) is 23.5 Å². The number of aryl methyl sites for hydroxylation is 3. The zero-order chi connectivity index (χ0) is 100.0. The van der Waals surface area contributed by atoms with Gasteiger partial charge >= 0.3 is 24.0 Å². The highest BCUT2D eigenvalue weighted by molar-refractivity contribution is 7.84. The van der Waals surface area contributed by atoms with Crippen LogP contribution in [0.5, 0.6) is 0 Å². The number of aliphatic carboxylic acids is 2. The molecule has 0 radical (unpaired) electrons. The fourth-order valence-corrected chi connectivity index (χ4v) is 14.5. The summed E-state index contributed by atoms with van der Waals surface area (Å²) in [5.74, 6) is -4.93. The monoisotopic (exact) mass is 1910 g/mol. The highest BCUT2D eigenvalue weighted by atomic mass is 35.5. The molecule has 3 saturated carbocycles. The Hall–Kier alpha value is -15.0. The van der Waals surface area contributed by atoms with Crippen molar-refractivity contribution in [3.05, 3.63) is 360 Å². The number of nitrogens with zero attached hydrogens (tertiary/aromatic N) is 8. The van der Waals surface area contributed by atoms with Gasteiger partial charge in [0.05, 0.1) is 126 Å². The van der Waals surface area contributed by atoms with Gasteiger partial charge in [-0.15, -0.1) is 12.4 Å². The van der Waals surface area contributed by atoms with E-state index in [1.807, 2.05) is 118 Å². The van der Waals surface area contributed by atoms with Crippen LogP contribution >= 0.6 is 12.4 Å². The number of alkyl carbamates (subject to hydrolysis) is 1. The van der Waals surface area contributed by atoms with Crippen molar-refractivity contribution in [3.63, 3.8) is 0 Å². The lowest BCUT2D eigenvalue weighted by Gasteiger charge is -2.25. The first-order valence-corrected chi connectivity index (χ1v) is 45.1. The zero-order valence-electron chi connectivity index (χ0n) is 77.7. The number of carbonyl (C=O) groups excluding carboxylic acids is 3. The molecular weight excluding hydrogens is 1800 g/mol. The Bertz CT molecular complexity index is 6490. The normalized spacial score (nSPS) is 13.3. The molecule has 1 amide bonds. The first kappa shape index (κ1) is 108. The SMILES string of the molecule is CC(C)(C)S(=O)N[C@H](c1cccc(C#N)c1)c1ccc(F)c(N)c1.CCc1cccc(-n2nc(C)cc2C(=O)O)c1.Cc1cc(C(=O)Cc2cc([C@H](NCC3CC3)c3cccc(C#N)c3)ccc2F)n(-c2cccc(CNC(=O)OC(C)(C)C)c2)n1.Cl.N#Cc1cccc([C@@H](N)c2ccc(F)c(N)c2)c1.N#Cc1cccc([C@@H](NCC2CC2)c2ccc(F)c(N)c2)c1.O=C(O)C(=O)O.O=CC1CC1. The molecule has 33 heteroatoms. The number of rotatable bonds is 26. The molecule has 718 valence electrons. The number of ether oxygens (including phenoxy) is 1. The van der Waals surface area contributed by atoms with Crippen LogP contribution in [0, 0.1) is 100 Å². The number of carbonyl (C=O) groups is 6. The van der Waals surface area contributed by atoms with Gasteiger partial charge in [-0.1, -0.05) is 110 Å². The summed E-state index contributed by atoms with van der Waals surface area (Å²) in [4.78, 5) is 64.7. The molecule has 2 heterocycles. The smallest absolute Gasteiger partial charge is 0.414 e. The Kier molecular flexibility index (Phi) is 40.1. The maximum absolute atomic E-state index is 15.2. The average Bonchev–Trinajstić information content (AvgIpc) is 1.67. The fourth-order valence-electron chi connectivity index (χ4n) is 13.6. The standard InChI is InChI=1S/C36H38FN5O3.C18H20FN3OS.C18H18FN3.C14H12FN3.C13H14N2O2.C4H6O.C2H2O4.ClH/c1-23-15-32(42(41-23)30-10-6-8-26(17-30)22-40-35(44)45-36(2,3)4)33(43)19-29-18-28(13-14-31(29)37)34(39-21-24-11-12-24)27-9-5-7-25(16-27)20-38;1-18(2,3)24(23)22-17(13-6-4-5-12(9-13)11-20)14-7-8-15(19)16(21)10-14;19-16-7-6-15(9-17(16)21)18(22-11-12-4-5-12)14-3-1-2-13(8-14)10-20;15-12-5-4-11(7-13(12)17)14(18)10-3-1-2-9(6-10)8-16;1-3-10-5-4-6-11(8-10)15-12(13(16)17)7-9(2)14-15;5-3-4-1-2-4;3-1(4)2(5)6;/h5-10,13-18,24,34,39H,11-12,19,21-22H2,1-4H3,(H,40,44);4-10,17,22H,21H2,1-3H3;1-3,6-9,12,18,22H,4-5,11,21H2;1-7,14H,17-18H2;4-8H,3H2,1-2H3,(H,16,17);3-4H,1-2H2;(H,3,4)(H,5,6);1H/t34-;17-,24?;18-;14-;;;;/m1111..../s1. The second-order valence-corrected chi connectivity index (χ2v) is 36.8.